The van der Waals surface area contributed by atoms with Crippen LogP contribution in [0.15, 0.2) is 78.9 Å². The molecule has 2 heterocycles. The van der Waals surface area contributed by atoms with E-state index in [2.05, 4.69) is 11.5 Å². The van der Waals surface area contributed by atoms with Crippen molar-refractivity contribution >= 4 is 17.6 Å². The normalized spacial score (nSPS) is 16.1. The quantitative estimate of drug-likeness (QED) is 0.145. The van der Waals surface area contributed by atoms with E-state index in [1.807, 2.05) is 49.3 Å². The Morgan fingerprint density at radius 2 is 1.72 bits per heavy atom. The molecule has 2 amide bonds. The summed E-state index contributed by atoms with van der Waals surface area (Å²) in [6, 6.07) is 17.2. The number of nitrogens with zero attached hydrogens (tertiary/aromatic N) is 6. The molecular weight excluding hydrogens is 614 g/mol. The van der Waals surface area contributed by atoms with Gasteiger partial charge in [-0.15, -0.1) is 0 Å². The Balaban J connectivity index is 1.70. The molecule has 0 radical (unpaired) electrons. The number of nitrogens with one attached hydrogen (secondary N) is 1. The van der Waals surface area contributed by atoms with Crippen molar-refractivity contribution in [3.63, 3.8) is 0 Å². The van der Waals surface area contributed by atoms with Crippen LogP contribution in [-0.2, 0) is 17.5 Å². The van der Waals surface area contributed by atoms with E-state index in [0.29, 0.717) is 41.4 Å². The fourth-order valence-electron chi connectivity index (χ4n) is 5.70. The lowest BCUT2D eigenvalue weighted by Gasteiger charge is -2.38. The number of amides is 2. The molecule has 244 valence electrons. The molecule has 0 aliphatic carbocycles. The zero-order valence-electron chi connectivity index (χ0n) is 26.0. The fraction of sp³-hybridized carbons (Fsp3) is 0.294. The van der Waals surface area contributed by atoms with Crippen LogP contribution in [0.3, 0.4) is 0 Å². The van der Waals surface area contributed by atoms with Gasteiger partial charge >= 0.3 is 6.18 Å². The lowest BCUT2D eigenvalue weighted by atomic mass is 9.80. The van der Waals surface area contributed by atoms with E-state index in [-0.39, 0.29) is 18.7 Å². The van der Waals surface area contributed by atoms with Gasteiger partial charge in [0.2, 0.25) is 0 Å². The van der Waals surface area contributed by atoms with Crippen LogP contribution in [-0.4, -0.2) is 71.2 Å². The molecule has 13 heteroatoms. The molecule has 0 unspecified atom stereocenters. The molecule has 0 fully saturated rings. The molecule has 0 bridgehead atoms. The average molecular weight is 648 g/mol. The Hall–Kier alpha value is -5.22. The van der Waals surface area contributed by atoms with Crippen LogP contribution in [0.25, 0.3) is 5.69 Å². The van der Waals surface area contributed by atoms with Crippen molar-refractivity contribution in [3.8, 4) is 11.9 Å². The second kappa shape index (κ2) is 13.6. The van der Waals surface area contributed by atoms with Crippen molar-refractivity contribution in [1.82, 2.24) is 24.9 Å². The number of alkyl halides is 3. The molecule has 2 atom stereocenters. The van der Waals surface area contributed by atoms with Crippen molar-refractivity contribution in [2.24, 2.45) is 0 Å². The van der Waals surface area contributed by atoms with Crippen molar-refractivity contribution in [3.05, 3.63) is 113 Å². The van der Waals surface area contributed by atoms with Crippen molar-refractivity contribution in [2.45, 2.75) is 31.6 Å². The van der Waals surface area contributed by atoms with Crippen molar-refractivity contribution in [2.75, 3.05) is 38.6 Å². The molecule has 9 nitrogen and oxygen atoms in total. The van der Waals surface area contributed by atoms with Crippen LogP contribution in [0, 0.1) is 17.3 Å². The first-order chi connectivity index (χ1) is 22.4. The second-order valence-corrected chi connectivity index (χ2v) is 11.4. The van der Waals surface area contributed by atoms with Crippen LogP contribution in [0.2, 0.25) is 0 Å². The molecule has 3 aromatic carbocycles. The number of rotatable bonds is 10. The standard InChI is InChI=1S/C34H33F4N7O2/c1-4-44-32-29(27(20-43(21-39)18-17-42(2)3)41-45(32)26-11-6-5-7-12-26)28(22-13-15-25(35)16-14-22)30(33(44)47)40-31(46)23-9-8-10-24(19-23)34(36,37)38/h5-16,19,28,30H,4,17-18,20H2,1-3H3,(H,40,46)/t28-,30-/m0/s1. The first kappa shape index (κ1) is 33.2. The smallest absolute Gasteiger partial charge is 0.339 e. The summed E-state index contributed by atoms with van der Waals surface area (Å²) in [5.74, 6) is -2.44. The molecule has 1 aliphatic heterocycles. The monoisotopic (exact) mass is 647 g/mol. The predicted octanol–water partition coefficient (Wildman–Crippen LogP) is 5.17. The highest BCUT2D eigenvalue weighted by molar-refractivity contribution is 6.05. The molecular formula is C34H33F4N7O2. The average Bonchev–Trinajstić information content (AvgIpc) is 3.42. The number of likely N-dealkylation sites (N-methyl/N-ethyl adjacent to an activating group) is 2. The largest absolute Gasteiger partial charge is 0.416 e. The van der Waals surface area contributed by atoms with Gasteiger partial charge in [0.25, 0.3) is 11.8 Å². The summed E-state index contributed by atoms with van der Waals surface area (Å²) in [5.41, 5.74) is 0.801. The summed E-state index contributed by atoms with van der Waals surface area (Å²) in [4.78, 5) is 32.9. The molecule has 0 saturated carbocycles. The summed E-state index contributed by atoms with van der Waals surface area (Å²) in [6.45, 7) is 2.94. The highest BCUT2D eigenvalue weighted by Crippen LogP contribution is 2.44. The lowest BCUT2D eigenvalue weighted by molar-refractivity contribution is -0.137. The maximum absolute atomic E-state index is 14.4. The van der Waals surface area contributed by atoms with Crippen LogP contribution in [0.4, 0.5) is 23.4 Å². The molecule has 1 N–H and O–H groups in total. The highest BCUT2D eigenvalue weighted by atomic mass is 19.4. The summed E-state index contributed by atoms with van der Waals surface area (Å²) in [6.07, 6.45) is -2.47. The third kappa shape index (κ3) is 6.97. The molecule has 47 heavy (non-hydrogen) atoms. The third-order valence-electron chi connectivity index (χ3n) is 7.99. The van der Waals surface area contributed by atoms with Gasteiger partial charge in [-0.3, -0.25) is 14.5 Å². The Bertz CT molecular complexity index is 1780. The molecule has 0 spiro atoms. The topological polar surface area (TPSA) is 97.5 Å². The minimum atomic E-state index is -4.68. The number of anilines is 1. The Morgan fingerprint density at radius 1 is 1.02 bits per heavy atom. The second-order valence-electron chi connectivity index (χ2n) is 11.4. The number of halogens is 4. The number of hydrogen-bond acceptors (Lipinski definition) is 6. The zero-order valence-corrected chi connectivity index (χ0v) is 26.0. The van der Waals surface area contributed by atoms with Gasteiger partial charge < -0.3 is 15.1 Å². The molecule has 1 aromatic heterocycles. The number of nitriles is 1. The predicted molar refractivity (Wildman–Crippen MR) is 167 cm³/mol. The fourth-order valence-corrected chi connectivity index (χ4v) is 5.70. The number of hydrogen-bond donors (Lipinski definition) is 1. The number of aromatic nitrogens is 2. The maximum Gasteiger partial charge on any atom is 0.416 e. The van der Waals surface area contributed by atoms with Crippen LogP contribution in [0.1, 0.15) is 45.6 Å². The van der Waals surface area contributed by atoms with Gasteiger partial charge in [-0.25, -0.2) is 9.07 Å². The van der Waals surface area contributed by atoms with Crippen LogP contribution in [0.5, 0.6) is 0 Å². The molecule has 0 saturated heterocycles. The third-order valence-corrected chi connectivity index (χ3v) is 7.99. The molecule has 1 aliphatic rings. The van der Waals surface area contributed by atoms with Gasteiger partial charge in [0, 0.05) is 36.7 Å². The highest BCUT2D eigenvalue weighted by Gasteiger charge is 2.46. The summed E-state index contributed by atoms with van der Waals surface area (Å²) < 4.78 is 56.3. The number of para-hydroxylation sites is 1. The summed E-state index contributed by atoms with van der Waals surface area (Å²) in [5, 5.41) is 17.7. The van der Waals surface area contributed by atoms with E-state index >= 15 is 0 Å². The Morgan fingerprint density at radius 3 is 2.34 bits per heavy atom. The number of carbonyl (C=O) groups is 2. The van der Waals surface area contributed by atoms with Crippen LogP contribution < -0.4 is 10.2 Å². The SMILES string of the molecule is CCN1C(=O)[C@@H](NC(=O)c2cccc(C(F)(F)F)c2)[C@@H](c2ccc(F)cc2)c2c(CN(C#N)CCN(C)C)nn(-c3ccccc3)c21. The summed E-state index contributed by atoms with van der Waals surface area (Å²) >= 11 is 0. The number of fused-ring (bicyclic) bond motifs is 1. The Labute approximate surface area is 269 Å². The van der Waals surface area contributed by atoms with Gasteiger partial charge in [0.15, 0.2) is 6.19 Å². The maximum atomic E-state index is 14.4. The van der Waals surface area contributed by atoms with E-state index in [9.17, 15) is 32.4 Å². The van der Waals surface area contributed by atoms with E-state index in [1.54, 1.807) is 11.6 Å². The molecule has 4 aromatic rings. The number of benzene rings is 3. The van der Waals surface area contributed by atoms with Crippen LogP contribution >= 0.6 is 0 Å². The minimum absolute atomic E-state index is 0.0598. The zero-order chi connectivity index (χ0) is 33.9. The van der Waals surface area contributed by atoms with E-state index in [4.69, 9.17) is 5.10 Å². The minimum Gasteiger partial charge on any atom is -0.339 e. The van der Waals surface area contributed by atoms with Gasteiger partial charge in [-0.1, -0.05) is 36.4 Å². The number of carbonyl (C=O) groups excluding carboxylic acids is 2. The summed E-state index contributed by atoms with van der Waals surface area (Å²) in [7, 11) is 3.77. The van der Waals surface area contributed by atoms with Crippen molar-refractivity contribution < 1.29 is 27.2 Å². The van der Waals surface area contributed by atoms with E-state index in [0.717, 1.165) is 18.2 Å². The van der Waals surface area contributed by atoms with E-state index < -0.39 is 41.3 Å². The first-order valence-corrected chi connectivity index (χ1v) is 14.9. The van der Waals surface area contributed by atoms with Crippen molar-refractivity contribution in [1.29, 1.82) is 5.26 Å². The van der Waals surface area contributed by atoms with Gasteiger partial charge in [-0.05, 0) is 69.0 Å². The Kier molecular flexibility index (Phi) is 9.62. The first-order valence-electron chi connectivity index (χ1n) is 14.9. The van der Waals surface area contributed by atoms with Gasteiger partial charge in [-0.2, -0.15) is 23.5 Å². The van der Waals surface area contributed by atoms with E-state index in [1.165, 1.54) is 40.1 Å². The van der Waals surface area contributed by atoms with Gasteiger partial charge in [0.05, 0.1) is 23.5 Å². The lowest BCUT2D eigenvalue weighted by Crippen LogP contribution is -2.55. The van der Waals surface area contributed by atoms with Gasteiger partial charge in [0.1, 0.15) is 17.7 Å². The molecule has 5 rings (SSSR count).